The van der Waals surface area contributed by atoms with Gasteiger partial charge in [-0.05, 0) is 24.7 Å². The number of carbonyl (C=O) groups is 2. The fourth-order valence-electron chi connectivity index (χ4n) is 3.57. The van der Waals surface area contributed by atoms with Crippen LogP contribution in [0.5, 0.6) is 0 Å². The van der Waals surface area contributed by atoms with Crippen LogP contribution in [0.2, 0.25) is 0 Å². The van der Waals surface area contributed by atoms with E-state index in [4.69, 9.17) is 10.4 Å². The molecule has 2 rings (SSSR count). The number of nitrogens with zero attached hydrogens (tertiary/aromatic N) is 4. The predicted molar refractivity (Wildman–Crippen MR) is 80.4 cm³/mol. The normalized spacial score (nSPS) is 27.9. The summed E-state index contributed by atoms with van der Waals surface area (Å²) in [6, 6.07) is -0.233. The van der Waals surface area contributed by atoms with E-state index >= 15 is 0 Å². The monoisotopic (exact) mass is 306 g/mol. The Labute approximate surface area is 129 Å². The molecule has 0 radical (unpaired) electrons. The molecule has 0 aromatic rings. The summed E-state index contributed by atoms with van der Waals surface area (Å²) in [5, 5.41) is 3.79. The number of piperidine rings is 1. The van der Waals surface area contributed by atoms with Crippen molar-refractivity contribution in [3.63, 3.8) is 0 Å². The molecule has 0 aromatic heterocycles. The summed E-state index contributed by atoms with van der Waals surface area (Å²) < 4.78 is 0. The molecule has 1 saturated carbocycles. The van der Waals surface area contributed by atoms with Crippen molar-refractivity contribution < 1.29 is 19.2 Å². The first-order chi connectivity index (χ1) is 10.6. The smallest absolute Gasteiger partial charge is 0.399 e. The minimum atomic E-state index is -0.541. The van der Waals surface area contributed by atoms with Gasteiger partial charge in [-0.25, -0.2) is 0 Å². The first kappa shape index (κ1) is 16.4. The van der Waals surface area contributed by atoms with Crippen molar-refractivity contribution in [3.8, 4) is 0 Å². The molecule has 0 N–H and O–H groups in total. The zero-order chi connectivity index (χ0) is 16.1. The van der Waals surface area contributed by atoms with E-state index in [-0.39, 0.29) is 6.04 Å². The minimum Gasteiger partial charge on any atom is -0.399 e. The summed E-state index contributed by atoms with van der Waals surface area (Å²) in [6.07, 6.45) is 7.05. The third-order valence-corrected chi connectivity index (χ3v) is 4.68. The van der Waals surface area contributed by atoms with Crippen molar-refractivity contribution >= 4 is 23.6 Å². The molecule has 0 aromatic carbocycles. The van der Waals surface area contributed by atoms with Gasteiger partial charge in [0, 0.05) is 13.5 Å². The van der Waals surface area contributed by atoms with Crippen LogP contribution < -0.4 is 0 Å². The lowest BCUT2D eigenvalue weighted by atomic mass is 9.73. The van der Waals surface area contributed by atoms with E-state index in [0.29, 0.717) is 18.4 Å². The van der Waals surface area contributed by atoms with E-state index in [1.807, 2.05) is 0 Å². The molecule has 2 aliphatic rings. The first-order valence-corrected chi connectivity index (χ1v) is 7.69. The van der Waals surface area contributed by atoms with Crippen molar-refractivity contribution in [1.82, 2.24) is 4.90 Å². The largest absolute Gasteiger partial charge is 0.421 e. The average molecular weight is 306 g/mol. The third-order valence-electron chi connectivity index (χ3n) is 4.68. The molecule has 2 fully saturated rings. The van der Waals surface area contributed by atoms with Gasteiger partial charge in [0.1, 0.15) is 7.11 Å². The number of Topliss-reactive ketones (excluding diaryl/α,β-unsaturated/α-hetero) is 1. The molecule has 7 heteroatoms. The topological polar surface area (TPSA) is 95.4 Å². The van der Waals surface area contributed by atoms with Crippen molar-refractivity contribution in [2.24, 2.45) is 17.0 Å². The maximum absolute atomic E-state index is 12.5. The van der Waals surface area contributed by atoms with Gasteiger partial charge in [-0.15, -0.1) is 0 Å². The zero-order valence-electron chi connectivity index (χ0n) is 13.1. The molecule has 22 heavy (non-hydrogen) atoms. The van der Waals surface area contributed by atoms with Gasteiger partial charge in [0.05, 0.1) is 12.3 Å². The van der Waals surface area contributed by atoms with Crippen LogP contribution in [0.1, 0.15) is 39.0 Å². The van der Waals surface area contributed by atoms with Crippen LogP contribution in [0.3, 0.4) is 0 Å². The summed E-state index contributed by atoms with van der Waals surface area (Å²) in [6.45, 7) is 1.79. The molecule has 3 atom stereocenters. The van der Waals surface area contributed by atoms with Gasteiger partial charge in [0.2, 0.25) is 5.78 Å². The number of fused-ring (bicyclic) bond motifs is 1. The molecule has 3 unspecified atom stereocenters. The second-order valence-corrected chi connectivity index (χ2v) is 6.01. The Morgan fingerprint density at radius 1 is 1.32 bits per heavy atom. The van der Waals surface area contributed by atoms with Gasteiger partial charge >= 0.3 is 11.6 Å². The molecule has 1 aliphatic heterocycles. The van der Waals surface area contributed by atoms with E-state index in [2.05, 4.69) is 9.95 Å². The van der Waals surface area contributed by atoms with E-state index in [1.54, 1.807) is 11.1 Å². The third kappa shape index (κ3) is 3.42. The molecule has 7 nitrogen and oxygen atoms in total. The summed E-state index contributed by atoms with van der Waals surface area (Å²) in [4.78, 5) is 33.2. The highest BCUT2D eigenvalue weighted by molar-refractivity contribution is 6.63. The molecule has 0 spiro atoms. The van der Waals surface area contributed by atoms with Crippen LogP contribution in [0.25, 0.3) is 5.53 Å². The van der Waals surface area contributed by atoms with E-state index in [0.717, 1.165) is 19.3 Å². The summed E-state index contributed by atoms with van der Waals surface area (Å²) in [7, 11) is 1.45. The van der Waals surface area contributed by atoms with Crippen LogP contribution in [0, 0.1) is 11.8 Å². The van der Waals surface area contributed by atoms with Gasteiger partial charge in [0.25, 0.3) is 0 Å². The van der Waals surface area contributed by atoms with Crippen LogP contribution in [0.15, 0.2) is 5.16 Å². The SMILES string of the molecule is CO/N=C/C1CC2CCCCC2CN1C(=O)C(=[N+]=[N-])C(C)=O. The summed E-state index contributed by atoms with van der Waals surface area (Å²) in [5.41, 5.74) is 8.53. The highest BCUT2D eigenvalue weighted by Crippen LogP contribution is 2.38. The van der Waals surface area contributed by atoms with Crippen LogP contribution in [0.4, 0.5) is 0 Å². The predicted octanol–water partition coefficient (Wildman–Crippen LogP) is 1.29. The van der Waals surface area contributed by atoms with E-state index < -0.39 is 17.4 Å². The number of hydrogen-bond acceptors (Lipinski definition) is 4. The standard InChI is InChI=1S/C15H22N4O3/c1-10(20)14(18-16)15(21)19-9-12-6-4-3-5-11(12)7-13(19)8-17-22-2/h8,11-13H,3-7,9H2,1-2H3/b17-8+. The van der Waals surface area contributed by atoms with Gasteiger partial charge in [-0.2, -0.15) is 4.79 Å². The molecule has 0 bridgehead atoms. The second kappa shape index (κ2) is 7.31. The Bertz CT molecular complexity index is 525. The highest BCUT2D eigenvalue weighted by atomic mass is 16.6. The average Bonchev–Trinajstić information content (AvgIpc) is 2.52. The Hall–Kier alpha value is -2.01. The lowest BCUT2D eigenvalue weighted by Gasteiger charge is -2.44. The van der Waals surface area contributed by atoms with Crippen molar-refractivity contribution in [2.75, 3.05) is 13.7 Å². The fraction of sp³-hybridized carbons (Fsp3) is 0.733. The summed E-state index contributed by atoms with van der Waals surface area (Å²) in [5.74, 6) is -0.0676. The maximum Gasteiger partial charge on any atom is 0.421 e. The summed E-state index contributed by atoms with van der Waals surface area (Å²) >= 11 is 0. The van der Waals surface area contributed by atoms with E-state index in [1.165, 1.54) is 26.9 Å². The van der Waals surface area contributed by atoms with Gasteiger partial charge < -0.3 is 15.3 Å². The van der Waals surface area contributed by atoms with Crippen LogP contribution >= 0.6 is 0 Å². The molecule has 1 amide bonds. The maximum atomic E-state index is 12.5. The Balaban J connectivity index is 2.24. The zero-order valence-corrected chi connectivity index (χ0v) is 13.1. The minimum absolute atomic E-state index is 0.233. The quantitative estimate of drug-likeness (QED) is 0.257. The molecule has 120 valence electrons. The first-order valence-electron chi connectivity index (χ1n) is 7.69. The number of carbonyl (C=O) groups excluding carboxylic acids is 2. The Morgan fingerprint density at radius 2 is 2.00 bits per heavy atom. The van der Waals surface area contributed by atoms with Gasteiger partial charge in [-0.1, -0.05) is 24.4 Å². The van der Waals surface area contributed by atoms with Gasteiger partial charge in [0.15, 0.2) is 0 Å². The number of likely N-dealkylation sites (tertiary alicyclic amines) is 1. The van der Waals surface area contributed by atoms with Crippen LogP contribution in [-0.2, 0) is 14.4 Å². The number of hydrogen-bond donors (Lipinski definition) is 0. The lowest BCUT2D eigenvalue weighted by Crippen LogP contribution is -2.54. The highest BCUT2D eigenvalue weighted by Gasteiger charge is 2.42. The lowest BCUT2D eigenvalue weighted by molar-refractivity contribution is -0.135. The molecular weight excluding hydrogens is 284 g/mol. The number of rotatable bonds is 4. The molecule has 1 heterocycles. The molecular formula is C15H22N4O3. The van der Waals surface area contributed by atoms with Crippen molar-refractivity contribution in [1.29, 1.82) is 0 Å². The van der Waals surface area contributed by atoms with Crippen molar-refractivity contribution in [3.05, 3.63) is 5.53 Å². The van der Waals surface area contributed by atoms with Crippen LogP contribution in [-0.4, -0.2) is 53.0 Å². The number of oxime groups is 1. The second-order valence-electron chi connectivity index (χ2n) is 6.01. The fourth-order valence-corrected chi connectivity index (χ4v) is 3.57. The molecule has 1 aliphatic carbocycles. The number of amides is 1. The number of ketones is 1. The Kier molecular flexibility index (Phi) is 5.44. The van der Waals surface area contributed by atoms with E-state index in [9.17, 15) is 9.59 Å². The van der Waals surface area contributed by atoms with Gasteiger partial charge in [-0.3, -0.25) is 9.59 Å². The molecule has 1 saturated heterocycles. The Morgan fingerprint density at radius 3 is 2.59 bits per heavy atom. The van der Waals surface area contributed by atoms with Crippen molar-refractivity contribution in [2.45, 2.75) is 45.1 Å².